The van der Waals surface area contributed by atoms with Gasteiger partial charge in [0.15, 0.2) is 0 Å². The SMILES string of the molecule is COCCNS(=O)(=O)Cc1ccc(C(=O)OC)cc1. The summed E-state index contributed by atoms with van der Waals surface area (Å²) in [4.78, 5) is 11.2. The van der Waals surface area contributed by atoms with Crippen molar-refractivity contribution in [1.29, 1.82) is 0 Å². The highest BCUT2D eigenvalue weighted by molar-refractivity contribution is 7.88. The number of esters is 1. The van der Waals surface area contributed by atoms with Gasteiger partial charge in [-0.3, -0.25) is 0 Å². The van der Waals surface area contributed by atoms with Crippen molar-refractivity contribution in [2.45, 2.75) is 5.75 Å². The van der Waals surface area contributed by atoms with Crippen molar-refractivity contribution >= 4 is 16.0 Å². The highest BCUT2D eigenvalue weighted by Crippen LogP contribution is 2.08. The Morgan fingerprint density at radius 1 is 1.21 bits per heavy atom. The van der Waals surface area contributed by atoms with E-state index >= 15 is 0 Å². The summed E-state index contributed by atoms with van der Waals surface area (Å²) >= 11 is 0. The minimum Gasteiger partial charge on any atom is -0.465 e. The molecule has 0 spiro atoms. The number of carbonyl (C=O) groups excluding carboxylic acids is 1. The summed E-state index contributed by atoms with van der Waals surface area (Å²) in [5.41, 5.74) is 0.980. The molecule has 106 valence electrons. The van der Waals surface area contributed by atoms with Crippen molar-refractivity contribution in [3.05, 3.63) is 35.4 Å². The molecule has 0 aliphatic carbocycles. The first-order valence-electron chi connectivity index (χ1n) is 5.62. The zero-order chi connectivity index (χ0) is 14.3. The van der Waals surface area contributed by atoms with Gasteiger partial charge in [-0.15, -0.1) is 0 Å². The van der Waals surface area contributed by atoms with Crippen molar-refractivity contribution in [2.24, 2.45) is 0 Å². The molecule has 1 rings (SSSR count). The lowest BCUT2D eigenvalue weighted by molar-refractivity contribution is 0.0600. The Morgan fingerprint density at radius 2 is 1.84 bits per heavy atom. The van der Waals surface area contributed by atoms with Gasteiger partial charge >= 0.3 is 5.97 Å². The van der Waals surface area contributed by atoms with Crippen LogP contribution in [0.3, 0.4) is 0 Å². The van der Waals surface area contributed by atoms with Crippen LogP contribution in [0.2, 0.25) is 0 Å². The fourth-order valence-electron chi connectivity index (χ4n) is 1.42. The Kier molecular flexibility index (Phi) is 5.94. The van der Waals surface area contributed by atoms with Gasteiger partial charge < -0.3 is 9.47 Å². The Morgan fingerprint density at radius 3 is 2.37 bits per heavy atom. The van der Waals surface area contributed by atoms with E-state index in [4.69, 9.17) is 4.74 Å². The molecule has 6 nitrogen and oxygen atoms in total. The smallest absolute Gasteiger partial charge is 0.337 e. The first-order valence-corrected chi connectivity index (χ1v) is 7.27. The molecule has 0 aliphatic heterocycles. The number of hydrogen-bond acceptors (Lipinski definition) is 5. The zero-order valence-electron chi connectivity index (χ0n) is 10.9. The van der Waals surface area contributed by atoms with E-state index in [2.05, 4.69) is 9.46 Å². The predicted octanol–water partition coefficient (Wildman–Crippen LogP) is 0.539. The summed E-state index contributed by atoms with van der Waals surface area (Å²) in [6, 6.07) is 6.24. The normalized spacial score (nSPS) is 11.3. The van der Waals surface area contributed by atoms with E-state index in [1.807, 2.05) is 0 Å². The van der Waals surface area contributed by atoms with E-state index in [9.17, 15) is 13.2 Å². The largest absolute Gasteiger partial charge is 0.465 e. The van der Waals surface area contributed by atoms with Crippen LogP contribution in [-0.2, 0) is 25.2 Å². The molecule has 1 aromatic rings. The number of benzene rings is 1. The van der Waals surface area contributed by atoms with Crippen LogP contribution in [0.4, 0.5) is 0 Å². The van der Waals surface area contributed by atoms with E-state index in [0.29, 0.717) is 17.7 Å². The van der Waals surface area contributed by atoms with Gasteiger partial charge in [0.05, 0.1) is 25.0 Å². The minimum atomic E-state index is -3.39. The molecule has 0 radical (unpaired) electrons. The molecule has 0 aliphatic rings. The fourth-order valence-corrected chi connectivity index (χ4v) is 2.55. The van der Waals surface area contributed by atoms with Gasteiger partial charge in [0.2, 0.25) is 10.0 Å². The maximum atomic E-state index is 11.7. The van der Waals surface area contributed by atoms with Crippen LogP contribution in [-0.4, -0.2) is 41.8 Å². The molecule has 0 heterocycles. The zero-order valence-corrected chi connectivity index (χ0v) is 11.7. The lowest BCUT2D eigenvalue weighted by atomic mass is 10.1. The lowest BCUT2D eigenvalue weighted by Gasteiger charge is -2.06. The number of nitrogens with one attached hydrogen (secondary N) is 1. The second kappa shape index (κ2) is 7.22. The number of methoxy groups -OCH3 is 2. The summed E-state index contributed by atoms with van der Waals surface area (Å²) in [5, 5.41) is 0. The first kappa shape index (κ1) is 15.6. The molecule has 0 saturated carbocycles. The van der Waals surface area contributed by atoms with Crippen molar-refractivity contribution in [1.82, 2.24) is 4.72 Å². The van der Waals surface area contributed by atoms with Gasteiger partial charge in [-0.1, -0.05) is 12.1 Å². The molecule has 0 atom stereocenters. The second-order valence-electron chi connectivity index (χ2n) is 3.83. The van der Waals surface area contributed by atoms with Gasteiger partial charge in [-0.2, -0.15) is 0 Å². The Labute approximate surface area is 112 Å². The maximum absolute atomic E-state index is 11.7. The molecular formula is C12H17NO5S. The number of rotatable bonds is 7. The molecule has 0 unspecified atom stereocenters. The molecule has 0 bridgehead atoms. The van der Waals surface area contributed by atoms with Crippen molar-refractivity contribution in [3.8, 4) is 0 Å². The van der Waals surface area contributed by atoms with Gasteiger partial charge in [0.25, 0.3) is 0 Å². The van der Waals surface area contributed by atoms with Gasteiger partial charge in [-0.05, 0) is 17.7 Å². The lowest BCUT2D eigenvalue weighted by Crippen LogP contribution is -2.28. The molecule has 0 aromatic heterocycles. The van der Waals surface area contributed by atoms with Crippen LogP contribution in [0, 0.1) is 0 Å². The summed E-state index contributed by atoms with van der Waals surface area (Å²) in [6.45, 7) is 0.555. The van der Waals surface area contributed by atoms with Crippen LogP contribution in [0.1, 0.15) is 15.9 Å². The van der Waals surface area contributed by atoms with Gasteiger partial charge in [-0.25, -0.2) is 17.9 Å². The van der Waals surface area contributed by atoms with Crippen molar-refractivity contribution in [2.75, 3.05) is 27.4 Å². The minimum absolute atomic E-state index is 0.141. The topological polar surface area (TPSA) is 81.7 Å². The number of carbonyl (C=O) groups is 1. The van der Waals surface area contributed by atoms with Crippen LogP contribution >= 0.6 is 0 Å². The standard InChI is InChI=1S/C12H17NO5S/c1-17-8-7-13-19(15,16)9-10-3-5-11(6-4-10)12(14)18-2/h3-6,13H,7-9H2,1-2H3. The number of ether oxygens (including phenoxy) is 2. The van der Waals surface area contributed by atoms with Gasteiger partial charge in [0.1, 0.15) is 0 Å². The molecule has 1 N–H and O–H groups in total. The van der Waals surface area contributed by atoms with Crippen molar-refractivity contribution in [3.63, 3.8) is 0 Å². The Bertz CT molecular complexity index is 509. The fraction of sp³-hybridized carbons (Fsp3) is 0.417. The maximum Gasteiger partial charge on any atom is 0.337 e. The van der Waals surface area contributed by atoms with Gasteiger partial charge in [0, 0.05) is 13.7 Å². The van der Waals surface area contributed by atoms with E-state index in [0.717, 1.165) is 0 Å². The monoisotopic (exact) mass is 287 g/mol. The first-order chi connectivity index (χ1) is 8.98. The molecule has 19 heavy (non-hydrogen) atoms. The third-order valence-electron chi connectivity index (χ3n) is 2.36. The molecular weight excluding hydrogens is 270 g/mol. The Hall–Kier alpha value is -1.44. The average Bonchev–Trinajstić information content (AvgIpc) is 2.38. The molecule has 7 heteroatoms. The van der Waals surface area contributed by atoms with Crippen LogP contribution in [0.15, 0.2) is 24.3 Å². The highest BCUT2D eigenvalue weighted by atomic mass is 32.2. The summed E-state index contributed by atoms with van der Waals surface area (Å²) in [6.07, 6.45) is 0. The molecule has 0 amide bonds. The number of hydrogen-bond donors (Lipinski definition) is 1. The second-order valence-corrected chi connectivity index (χ2v) is 5.64. The highest BCUT2D eigenvalue weighted by Gasteiger charge is 2.11. The number of sulfonamides is 1. The third kappa shape index (κ3) is 5.37. The van der Waals surface area contributed by atoms with E-state index in [1.54, 1.807) is 12.1 Å². The van der Waals surface area contributed by atoms with E-state index in [1.165, 1.54) is 26.4 Å². The van der Waals surface area contributed by atoms with Crippen LogP contribution < -0.4 is 4.72 Å². The predicted molar refractivity (Wildman–Crippen MR) is 70.3 cm³/mol. The molecule has 0 fully saturated rings. The molecule has 0 saturated heterocycles. The third-order valence-corrected chi connectivity index (χ3v) is 3.72. The van der Waals surface area contributed by atoms with E-state index < -0.39 is 16.0 Å². The molecule has 1 aromatic carbocycles. The quantitative estimate of drug-likeness (QED) is 0.584. The van der Waals surface area contributed by atoms with Crippen LogP contribution in [0.5, 0.6) is 0 Å². The van der Waals surface area contributed by atoms with E-state index in [-0.39, 0.29) is 12.3 Å². The average molecular weight is 287 g/mol. The Balaban J connectivity index is 2.64. The summed E-state index contributed by atoms with van der Waals surface area (Å²) < 4.78 is 35.1. The van der Waals surface area contributed by atoms with Crippen molar-refractivity contribution < 1.29 is 22.7 Å². The van der Waals surface area contributed by atoms with Crippen LogP contribution in [0.25, 0.3) is 0 Å². The summed E-state index contributed by atoms with van der Waals surface area (Å²) in [5.74, 6) is -0.592. The summed E-state index contributed by atoms with van der Waals surface area (Å²) in [7, 11) is -0.600.